The summed E-state index contributed by atoms with van der Waals surface area (Å²) in [6, 6.07) is 6.14. The van der Waals surface area contributed by atoms with Crippen LogP contribution in [-0.2, 0) is 11.3 Å². The van der Waals surface area contributed by atoms with Crippen LogP contribution in [0.2, 0.25) is 0 Å². The Kier molecular flexibility index (Phi) is 4.73. The Morgan fingerprint density at radius 1 is 1.22 bits per heavy atom. The van der Waals surface area contributed by atoms with Gasteiger partial charge in [-0.2, -0.15) is 11.3 Å². The molecule has 32 heavy (non-hydrogen) atoms. The zero-order valence-electron chi connectivity index (χ0n) is 17.6. The molecule has 0 saturated carbocycles. The molecule has 0 aromatic carbocycles. The van der Waals surface area contributed by atoms with Crippen molar-refractivity contribution in [2.24, 2.45) is 0 Å². The maximum Gasteiger partial charge on any atom is 0.178 e. The summed E-state index contributed by atoms with van der Waals surface area (Å²) in [6.45, 7) is 5.61. The van der Waals surface area contributed by atoms with Gasteiger partial charge in [-0.15, -0.1) is 5.10 Å². The molecule has 6 rings (SSSR count). The van der Waals surface area contributed by atoms with Crippen molar-refractivity contribution in [2.75, 3.05) is 36.5 Å². The minimum atomic E-state index is 0.526. The molecule has 5 aromatic heterocycles. The lowest BCUT2D eigenvalue weighted by Crippen LogP contribution is -2.37. The van der Waals surface area contributed by atoms with Crippen LogP contribution < -0.4 is 10.2 Å². The molecule has 0 aliphatic carbocycles. The van der Waals surface area contributed by atoms with E-state index in [9.17, 15) is 0 Å². The molecule has 0 unspecified atom stereocenters. The van der Waals surface area contributed by atoms with Crippen LogP contribution >= 0.6 is 11.3 Å². The van der Waals surface area contributed by atoms with Gasteiger partial charge in [0.2, 0.25) is 0 Å². The van der Waals surface area contributed by atoms with Gasteiger partial charge in [-0.05, 0) is 30.0 Å². The van der Waals surface area contributed by atoms with Crippen LogP contribution in [0.4, 0.5) is 11.5 Å². The van der Waals surface area contributed by atoms with Crippen molar-refractivity contribution in [1.29, 1.82) is 0 Å². The Morgan fingerprint density at radius 2 is 2.12 bits per heavy atom. The van der Waals surface area contributed by atoms with Gasteiger partial charge in [-0.1, -0.05) is 0 Å². The van der Waals surface area contributed by atoms with Crippen molar-refractivity contribution in [3.63, 3.8) is 0 Å². The van der Waals surface area contributed by atoms with Gasteiger partial charge in [0.05, 0.1) is 42.9 Å². The summed E-state index contributed by atoms with van der Waals surface area (Å²) in [6.07, 6.45) is 3.67. The number of fused-ring (bicyclic) bond motifs is 2. The van der Waals surface area contributed by atoms with E-state index in [1.807, 2.05) is 16.8 Å². The van der Waals surface area contributed by atoms with Gasteiger partial charge >= 0.3 is 0 Å². The molecule has 10 heteroatoms. The third-order valence-corrected chi connectivity index (χ3v) is 6.39. The normalized spacial score (nSPS) is 14.5. The van der Waals surface area contributed by atoms with Crippen molar-refractivity contribution in [1.82, 2.24) is 29.5 Å². The average molecular weight is 447 g/mol. The number of aromatic amines is 1. The van der Waals surface area contributed by atoms with E-state index in [0.717, 1.165) is 64.1 Å². The first-order valence-corrected chi connectivity index (χ1v) is 11.5. The molecule has 1 aliphatic heterocycles. The van der Waals surface area contributed by atoms with E-state index in [-0.39, 0.29) is 0 Å². The van der Waals surface area contributed by atoms with Crippen molar-refractivity contribution < 1.29 is 4.74 Å². The number of morpholine rings is 1. The first-order valence-electron chi connectivity index (χ1n) is 10.5. The zero-order valence-corrected chi connectivity index (χ0v) is 18.4. The lowest BCUT2D eigenvalue weighted by atomic mass is 10.3. The molecule has 0 atom stereocenters. The second-order valence-corrected chi connectivity index (χ2v) is 8.55. The maximum absolute atomic E-state index is 5.53. The molecule has 1 fully saturated rings. The molecule has 1 saturated heterocycles. The highest BCUT2D eigenvalue weighted by atomic mass is 32.1. The SMILES string of the molecule is Cc1ccnc2nc(CNc3cc(N4CCOCC4)nn4c(-c5ccsc5)cnc34)[nH]c12. The summed E-state index contributed by atoms with van der Waals surface area (Å²) < 4.78 is 7.46. The number of nitrogens with one attached hydrogen (secondary N) is 2. The van der Waals surface area contributed by atoms with E-state index in [2.05, 4.69) is 60.0 Å². The third kappa shape index (κ3) is 3.37. The first-order chi connectivity index (χ1) is 15.8. The number of aromatic nitrogens is 6. The predicted molar refractivity (Wildman–Crippen MR) is 125 cm³/mol. The van der Waals surface area contributed by atoms with E-state index in [4.69, 9.17) is 9.84 Å². The Balaban J connectivity index is 1.39. The molecule has 0 amide bonds. The highest BCUT2D eigenvalue weighted by Crippen LogP contribution is 2.29. The molecule has 162 valence electrons. The third-order valence-electron chi connectivity index (χ3n) is 5.70. The molecule has 0 bridgehead atoms. The standard InChI is InChI=1S/C22H22N8OS/c1-14-2-4-23-21-20(14)26-18(27-21)12-24-16-10-19(29-5-7-31-8-6-29)28-30-17(11-25-22(16)30)15-3-9-32-13-15/h2-4,9-11,13,24H,5-8,12H2,1H3,(H,23,26,27). The molecule has 5 aromatic rings. The van der Waals surface area contributed by atoms with Crippen molar-refractivity contribution in [3.05, 3.63) is 52.7 Å². The highest BCUT2D eigenvalue weighted by Gasteiger charge is 2.18. The average Bonchev–Trinajstić information content (AvgIpc) is 3.57. The number of hydrogen-bond donors (Lipinski definition) is 2. The van der Waals surface area contributed by atoms with Gasteiger partial charge in [-0.25, -0.2) is 19.5 Å². The zero-order chi connectivity index (χ0) is 21.5. The summed E-state index contributed by atoms with van der Waals surface area (Å²) in [5, 5.41) is 12.6. The van der Waals surface area contributed by atoms with Gasteiger partial charge < -0.3 is 19.9 Å². The lowest BCUT2D eigenvalue weighted by Gasteiger charge is -2.28. The van der Waals surface area contributed by atoms with Crippen molar-refractivity contribution >= 4 is 39.7 Å². The number of rotatable bonds is 5. The molecular weight excluding hydrogens is 424 g/mol. The summed E-state index contributed by atoms with van der Waals surface area (Å²) in [7, 11) is 0. The number of ether oxygens (including phenoxy) is 1. The van der Waals surface area contributed by atoms with E-state index >= 15 is 0 Å². The Labute approximate surface area is 188 Å². The van der Waals surface area contributed by atoms with Crippen molar-refractivity contribution in [2.45, 2.75) is 13.5 Å². The van der Waals surface area contributed by atoms with Crippen molar-refractivity contribution in [3.8, 4) is 11.3 Å². The first kappa shape index (κ1) is 19.2. The fraction of sp³-hybridized carbons (Fsp3) is 0.273. The summed E-state index contributed by atoms with van der Waals surface area (Å²) in [5.41, 5.74) is 6.61. The van der Waals surface area contributed by atoms with Crippen LogP contribution in [0.1, 0.15) is 11.4 Å². The molecule has 0 radical (unpaired) electrons. The molecular formula is C22H22N8OS. The quantitative estimate of drug-likeness (QED) is 0.427. The fourth-order valence-electron chi connectivity index (χ4n) is 3.99. The van der Waals surface area contributed by atoms with Gasteiger partial charge in [0.1, 0.15) is 5.82 Å². The van der Waals surface area contributed by atoms with Gasteiger partial charge in [0.15, 0.2) is 17.1 Å². The van der Waals surface area contributed by atoms with E-state index in [1.54, 1.807) is 17.5 Å². The minimum absolute atomic E-state index is 0.526. The smallest absolute Gasteiger partial charge is 0.178 e. The lowest BCUT2D eigenvalue weighted by molar-refractivity contribution is 0.122. The largest absolute Gasteiger partial charge is 0.378 e. The van der Waals surface area contributed by atoms with E-state index < -0.39 is 0 Å². The molecule has 0 spiro atoms. The Morgan fingerprint density at radius 3 is 2.94 bits per heavy atom. The highest BCUT2D eigenvalue weighted by molar-refractivity contribution is 7.08. The monoisotopic (exact) mass is 446 g/mol. The van der Waals surface area contributed by atoms with Crippen LogP contribution in [0.15, 0.2) is 41.4 Å². The van der Waals surface area contributed by atoms with Crippen LogP contribution in [0, 0.1) is 6.92 Å². The Hall–Kier alpha value is -3.50. The number of hydrogen-bond acceptors (Lipinski definition) is 8. The van der Waals surface area contributed by atoms with Crippen LogP contribution in [0.3, 0.4) is 0 Å². The van der Waals surface area contributed by atoms with Gasteiger partial charge in [0.25, 0.3) is 0 Å². The Bertz CT molecular complexity index is 1380. The topological polar surface area (TPSA) is 96.3 Å². The summed E-state index contributed by atoms with van der Waals surface area (Å²) in [5.74, 6) is 1.73. The fourth-order valence-corrected chi connectivity index (χ4v) is 4.64. The summed E-state index contributed by atoms with van der Waals surface area (Å²) in [4.78, 5) is 19.3. The minimum Gasteiger partial charge on any atom is -0.378 e. The summed E-state index contributed by atoms with van der Waals surface area (Å²) >= 11 is 1.66. The second kappa shape index (κ2) is 7.88. The number of H-pyrrole nitrogens is 1. The van der Waals surface area contributed by atoms with Gasteiger partial charge in [-0.3, -0.25) is 0 Å². The number of thiophene rings is 1. The number of imidazole rings is 2. The number of anilines is 2. The van der Waals surface area contributed by atoms with E-state index in [0.29, 0.717) is 19.8 Å². The van der Waals surface area contributed by atoms with Crippen LogP contribution in [0.25, 0.3) is 28.1 Å². The molecule has 9 nitrogen and oxygen atoms in total. The van der Waals surface area contributed by atoms with E-state index in [1.165, 1.54) is 0 Å². The number of nitrogens with zero attached hydrogens (tertiary/aromatic N) is 6. The molecule has 2 N–H and O–H groups in total. The van der Waals surface area contributed by atoms with Crippen LogP contribution in [0.5, 0.6) is 0 Å². The number of pyridine rings is 1. The molecule has 6 heterocycles. The second-order valence-electron chi connectivity index (χ2n) is 7.77. The predicted octanol–water partition coefficient (Wildman–Crippen LogP) is 3.49. The number of aryl methyl sites for hydroxylation is 1. The van der Waals surface area contributed by atoms with Crippen LogP contribution in [-0.4, -0.2) is 55.9 Å². The molecule has 1 aliphatic rings. The maximum atomic E-state index is 5.53. The van der Waals surface area contributed by atoms with Gasteiger partial charge in [0, 0.05) is 36.3 Å².